The van der Waals surface area contributed by atoms with E-state index in [-0.39, 0.29) is 4.90 Å². The van der Waals surface area contributed by atoms with Gasteiger partial charge in [-0.2, -0.15) is 8.78 Å². The summed E-state index contributed by atoms with van der Waals surface area (Å²) in [5.41, 5.74) is -1.47. The second-order valence-electron chi connectivity index (χ2n) is 6.19. The molecule has 0 amide bonds. The van der Waals surface area contributed by atoms with Crippen molar-refractivity contribution in [3.63, 3.8) is 0 Å². The van der Waals surface area contributed by atoms with Crippen molar-refractivity contribution in [2.24, 2.45) is 0 Å². The first-order valence-corrected chi connectivity index (χ1v) is 9.61. The standard InChI is InChI=1S/C19H15F2NO4S/c1-13-6-9-15(10-7-13)27(25,26)12-16-17-5-3-2-4-14(19(17,20)21)8-11-18(16)22(23)24/h2-11H,12H2,1H3. The molecule has 0 heterocycles. The highest BCUT2D eigenvalue weighted by Gasteiger charge is 2.44. The third-order valence-electron chi connectivity index (χ3n) is 4.32. The lowest BCUT2D eigenvalue weighted by atomic mass is 9.96. The van der Waals surface area contributed by atoms with Gasteiger partial charge < -0.3 is 0 Å². The number of aryl methyl sites for hydroxylation is 1. The van der Waals surface area contributed by atoms with Crippen LogP contribution in [0.4, 0.5) is 8.78 Å². The van der Waals surface area contributed by atoms with E-state index in [0.717, 1.165) is 29.9 Å². The maximum atomic E-state index is 14.9. The van der Waals surface area contributed by atoms with Gasteiger partial charge in [-0.1, -0.05) is 42.0 Å². The van der Waals surface area contributed by atoms with Crippen molar-refractivity contribution >= 4 is 9.84 Å². The highest BCUT2D eigenvalue weighted by molar-refractivity contribution is 7.91. The lowest BCUT2D eigenvalue weighted by molar-refractivity contribution is -0.420. The lowest BCUT2D eigenvalue weighted by Crippen LogP contribution is -2.25. The van der Waals surface area contributed by atoms with Gasteiger partial charge >= 0.3 is 0 Å². The van der Waals surface area contributed by atoms with Crippen LogP contribution >= 0.6 is 0 Å². The van der Waals surface area contributed by atoms with Gasteiger partial charge in [0.2, 0.25) is 0 Å². The number of nitrogens with zero attached hydrogens (tertiary/aromatic N) is 1. The minimum atomic E-state index is -4.07. The van der Waals surface area contributed by atoms with Gasteiger partial charge in [-0.25, -0.2) is 8.42 Å². The normalized spacial score (nSPS) is 18.5. The van der Waals surface area contributed by atoms with Crippen LogP contribution in [0.1, 0.15) is 5.56 Å². The van der Waals surface area contributed by atoms with Crippen molar-refractivity contribution in [2.75, 3.05) is 5.75 Å². The molecule has 0 unspecified atom stereocenters. The Morgan fingerprint density at radius 3 is 2.33 bits per heavy atom. The predicted octanol–water partition coefficient (Wildman–Crippen LogP) is 3.93. The highest BCUT2D eigenvalue weighted by atomic mass is 32.2. The minimum absolute atomic E-state index is 0.0830. The summed E-state index contributed by atoms with van der Waals surface area (Å²) < 4.78 is 55.3. The molecule has 2 bridgehead atoms. The van der Waals surface area contributed by atoms with E-state index in [4.69, 9.17) is 0 Å². The fourth-order valence-corrected chi connectivity index (χ4v) is 4.28. The SMILES string of the molecule is Cc1ccc(S(=O)(=O)CC2=C([N+](=O)[O-])C=CC3=CC=CC=C2C3(F)F)cc1. The van der Waals surface area contributed by atoms with Crippen molar-refractivity contribution in [1.29, 1.82) is 0 Å². The number of sulfone groups is 1. The molecule has 1 aromatic rings. The summed E-state index contributed by atoms with van der Waals surface area (Å²) in [6.45, 7) is 1.77. The number of hydrogen-bond donors (Lipinski definition) is 0. The van der Waals surface area contributed by atoms with Crippen LogP contribution in [0.3, 0.4) is 0 Å². The van der Waals surface area contributed by atoms with Crippen molar-refractivity contribution in [3.8, 4) is 0 Å². The number of halogens is 2. The number of fused-ring (bicyclic) bond motifs is 2. The average molecular weight is 391 g/mol. The van der Waals surface area contributed by atoms with E-state index in [1.54, 1.807) is 19.1 Å². The van der Waals surface area contributed by atoms with Crippen LogP contribution in [0, 0.1) is 17.0 Å². The van der Waals surface area contributed by atoms with E-state index in [2.05, 4.69) is 0 Å². The predicted molar refractivity (Wildman–Crippen MR) is 96.6 cm³/mol. The summed E-state index contributed by atoms with van der Waals surface area (Å²) in [4.78, 5) is 10.5. The molecule has 0 N–H and O–H groups in total. The number of benzene rings is 1. The molecule has 0 aromatic heterocycles. The first kappa shape index (κ1) is 18.9. The Balaban J connectivity index is 2.18. The Kier molecular flexibility index (Phi) is 4.69. The number of nitro groups is 1. The smallest absolute Gasteiger partial charge is 0.258 e. The fourth-order valence-electron chi connectivity index (χ4n) is 2.88. The first-order valence-electron chi connectivity index (χ1n) is 7.96. The molecule has 2 aliphatic carbocycles. The summed E-state index contributed by atoms with van der Waals surface area (Å²) in [5.74, 6) is -4.45. The van der Waals surface area contributed by atoms with Gasteiger partial charge in [-0.05, 0) is 25.1 Å². The largest absolute Gasteiger partial charge is 0.299 e. The number of alkyl halides is 2. The fraction of sp³-hybridized carbons (Fsp3) is 0.158. The summed E-state index contributed by atoms with van der Waals surface area (Å²) in [6.07, 6.45) is 6.75. The second kappa shape index (κ2) is 6.70. The van der Waals surface area contributed by atoms with Crippen LogP contribution in [-0.4, -0.2) is 25.0 Å². The van der Waals surface area contributed by atoms with Crippen molar-refractivity contribution in [2.45, 2.75) is 17.7 Å². The lowest BCUT2D eigenvalue weighted by Gasteiger charge is -2.20. The number of allylic oxidation sites excluding steroid dienone is 8. The van der Waals surface area contributed by atoms with Crippen molar-refractivity contribution in [3.05, 3.63) is 98.8 Å². The number of rotatable bonds is 4. The van der Waals surface area contributed by atoms with E-state index in [1.807, 2.05) is 0 Å². The van der Waals surface area contributed by atoms with Gasteiger partial charge in [-0.15, -0.1) is 0 Å². The Hall–Kier alpha value is -2.87. The summed E-state index contributed by atoms with van der Waals surface area (Å²) in [6, 6.07) is 5.86. The average Bonchev–Trinajstić information content (AvgIpc) is 2.78. The quantitative estimate of drug-likeness (QED) is 0.576. The molecule has 140 valence electrons. The molecule has 0 radical (unpaired) electrons. The second-order valence-corrected chi connectivity index (χ2v) is 8.18. The molecule has 0 fully saturated rings. The van der Waals surface area contributed by atoms with Crippen molar-refractivity contribution in [1.82, 2.24) is 0 Å². The summed E-state index contributed by atoms with van der Waals surface area (Å²) in [7, 11) is -4.07. The van der Waals surface area contributed by atoms with E-state index in [0.29, 0.717) is 0 Å². The molecule has 0 aliphatic heterocycles. The molecule has 27 heavy (non-hydrogen) atoms. The van der Waals surface area contributed by atoms with Crippen LogP contribution < -0.4 is 0 Å². The maximum Gasteiger partial charge on any atom is 0.299 e. The third kappa shape index (κ3) is 3.52. The maximum absolute atomic E-state index is 14.9. The molecule has 5 nitrogen and oxygen atoms in total. The molecule has 2 aliphatic rings. The van der Waals surface area contributed by atoms with Gasteiger partial charge in [0, 0.05) is 17.2 Å². The van der Waals surface area contributed by atoms with E-state index in [9.17, 15) is 27.3 Å². The van der Waals surface area contributed by atoms with Crippen LogP contribution in [0.5, 0.6) is 0 Å². The minimum Gasteiger partial charge on any atom is -0.258 e. The van der Waals surface area contributed by atoms with Gasteiger partial charge in [0.1, 0.15) is 0 Å². The van der Waals surface area contributed by atoms with Gasteiger partial charge in [0.05, 0.1) is 21.1 Å². The third-order valence-corrected chi connectivity index (χ3v) is 5.98. The Morgan fingerprint density at radius 1 is 1.07 bits per heavy atom. The van der Waals surface area contributed by atoms with E-state index in [1.165, 1.54) is 24.3 Å². The first-order chi connectivity index (χ1) is 12.6. The molecule has 1 aromatic carbocycles. The van der Waals surface area contributed by atoms with Gasteiger partial charge in [0.15, 0.2) is 9.84 Å². The van der Waals surface area contributed by atoms with Gasteiger partial charge in [-0.3, -0.25) is 10.1 Å². The highest BCUT2D eigenvalue weighted by Crippen LogP contribution is 2.42. The number of hydrogen-bond acceptors (Lipinski definition) is 4. The van der Waals surface area contributed by atoms with Crippen LogP contribution in [-0.2, 0) is 9.84 Å². The molecule has 0 saturated carbocycles. The monoisotopic (exact) mass is 391 g/mol. The molecule has 0 spiro atoms. The van der Waals surface area contributed by atoms with E-state index >= 15 is 0 Å². The van der Waals surface area contributed by atoms with Crippen LogP contribution in [0.2, 0.25) is 0 Å². The zero-order valence-corrected chi connectivity index (χ0v) is 15.0. The molecular weight excluding hydrogens is 376 g/mol. The molecule has 8 heteroatoms. The Morgan fingerprint density at radius 2 is 1.70 bits per heavy atom. The zero-order chi connectivity index (χ0) is 19.8. The Labute approximate surface area is 154 Å². The topological polar surface area (TPSA) is 77.3 Å². The van der Waals surface area contributed by atoms with Crippen LogP contribution in [0.25, 0.3) is 0 Å². The van der Waals surface area contributed by atoms with Gasteiger partial charge in [0.25, 0.3) is 11.6 Å². The summed E-state index contributed by atoms with van der Waals surface area (Å²) >= 11 is 0. The Bertz CT molecular complexity index is 1060. The van der Waals surface area contributed by atoms with Crippen molar-refractivity contribution < 1.29 is 22.1 Å². The molecule has 0 saturated heterocycles. The van der Waals surface area contributed by atoms with Crippen LogP contribution in [0.15, 0.2) is 88.0 Å². The van der Waals surface area contributed by atoms with E-state index < -0.39 is 48.9 Å². The molecule has 0 atom stereocenters. The zero-order valence-electron chi connectivity index (χ0n) is 14.2. The molecular formula is C19H15F2NO4S. The molecule has 3 rings (SSSR count). The summed E-state index contributed by atoms with van der Waals surface area (Å²) in [5, 5.41) is 11.5.